The molecule has 4 rings (SSSR count). The molecule has 5 atom stereocenters. The Kier molecular flexibility index (Phi) is 31.1. The number of amides is 4. The first-order valence-electron chi connectivity index (χ1n) is 18.0. The summed E-state index contributed by atoms with van der Waals surface area (Å²) < 4.78 is 0. The maximum Gasteiger partial charge on any atom is 0.253 e. The lowest BCUT2D eigenvalue weighted by Gasteiger charge is -2.29. The molecule has 4 amide bonds. The van der Waals surface area contributed by atoms with Crippen LogP contribution in [0.3, 0.4) is 0 Å². The quantitative estimate of drug-likeness (QED) is 0.0595. The number of rotatable bonds is 21. The zero-order valence-corrected chi connectivity index (χ0v) is 36.2. The van der Waals surface area contributed by atoms with Crippen molar-refractivity contribution in [2.24, 2.45) is 11.7 Å². The van der Waals surface area contributed by atoms with E-state index in [1.807, 2.05) is 56.3 Å². The van der Waals surface area contributed by atoms with Crippen molar-refractivity contribution in [1.82, 2.24) is 31.2 Å². The van der Waals surface area contributed by atoms with E-state index in [9.17, 15) is 29.4 Å². The van der Waals surface area contributed by atoms with Crippen LogP contribution in [0.15, 0.2) is 77.9 Å². The molecule has 14 N–H and O–H groups in total. The van der Waals surface area contributed by atoms with Gasteiger partial charge in [-0.05, 0) is 60.2 Å². The maximum absolute atomic E-state index is 14.2. The maximum atomic E-state index is 14.2. The number of nitrogens with two attached hydrogens (primary N) is 1. The summed E-state index contributed by atoms with van der Waals surface area (Å²) in [4.78, 5) is 62.9. The Labute approximate surface area is 367 Å². The highest BCUT2D eigenvalue weighted by Gasteiger charge is 2.32. The Morgan fingerprint density at radius 3 is 2.14 bits per heavy atom. The van der Waals surface area contributed by atoms with Crippen molar-refractivity contribution in [1.29, 1.82) is 0 Å². The van der Waals surface area contributed by atoms with Crippen LogP contribution in [0.1, 0.15) is 67.6 Å². The number of fused-ring (bicyclic) bond motifs is 1. The first-order valence-corrected chi connectivity index (χ1v) is 19.0. The van der Waals surface area contributed by atoms with Gasteiger partial charge in [0.25, 0.3) is 5.91 Å². The minimum atomic E-state index is -1.25. The summed E-state index contributed by atoms with van der Waals surface area (Å²) in [6.07, 6.45) is 3.97. The second-order valence-corrected chi connectivity index (χ2v) is 14.3. The van der Waals surface area contributed by atoms with Crippen LogP contribution in [-0.2, 0) is 27.2 Å². The average Bonchev–Trinajstić information content (AvgIpc) is 3.67. The summed E-state index contributed by atoms with van der Waals surface area (Å²) >= 11 is 1.35. The number of nitrogens with one attached hydrogen (secondary N) is 4. The summed E-state index contributed by atoms with van der Waals surface area (Å²) in [7, 11) is 0. The number of aromatic nitrogens is 2. The Balaban J connectivity index is -0.00000523. The van der Waals surface area contributed by atoms with Gasteiger partial charge >= 0.3 is 0 Å². The predicted octanol–water partition coefficient (Wildman–Crippen LogP) is 1.44. The molecule has 4 aromatic rings. The van der Waals surface area contributed by atoms with Crippen LogP contribution in [0.2, 0.25) is 0 Å². The highest BCUT2D eigenvalue weighted by atomic mass is 35.5. The van der Waals surface area contributed by atoms with Crippen LogP contribution in [0, 0.1) is 5.92 Å². The second kappa shape index (κ2) is 30.9. The van der Waals surface area contributed by atoms with Crippen LogP contribution in [-0.4, -0.2) is 104 Å². The van der Waals surface area contributed by atoms with Crippen LogP contribution >= 0.6 is 48.6 Å². The molecule has 0 spiro atoms. The Hall–Kier alpha value is -4.01. The second-order valence-electron chi connectivity index (χ2n) is 13.6. The third kappa shape index (κ3) is 19.3. The number of aliphatic hydroxyl groups is 2. The molecule has 0 radical (unpaired) electrons. The van der Waals surface area contributed by atoms with Gasteiger partial charge in [0.2, 0.25) is 17.7 Å². The van der Waals surface area contributed by atoms with Crippen molar-refractivity contribution in [3.05, 3.63) is 94.7 Å². The average molecular weight is 909 g/mol. The Morgan fingerprint density at radius 1 is 0.831 bits per heavy atom. The summed E-state index contributed by atoms with van der Waals surface area (Å²) in [5.41, 5.74) is 8.87. The fourth-order valence-electron chi connectivity index (χ4n) is 6.13. The van der Waals surface area contributed by atoms with E-state index in [2.05, 4.69) is 31.2 Å². The van der Waals surface area contributed by atoms with Gasteiger partial charge in [0.15, 0.2) is 0 Å². The lowest BCUT2D eigenvalue weighted by Crippen LogP contribution is -2.57. The van der Waals surface area contributed by atoms with Crippen molar-refractivity contribution in [2.45, 2.75) is 89.1 Å². The molecule has 0 saturated heterocycles. The van der Waals surface area contributed by atoms with Crippen molar-refractivity contribution < 1.29 is 45.8 Å². The molecule has 0 aliphatic rings. The number of thiazole rings is 1. The van der Waals surface area contributed by atoms with E-state index in [0.717, 1.165) is 29.2 Å². The molecule has 1 unspecified atom stereocenters. The summed E-state index contributed by atoms with van der Waals surface area (Å²) in [6.45, 7) is 4.13. The van der Waals surface area contributed by atoms with Gasteiger partial charge in [-0.3, -0.25) is 24.2 Å². The van der Waals surface area contributed by atoms with Crippen LogP contribution in [0.4, 0.5) is 0 Å². The SMILES string of the molecule is CC(C)C[C@H](NC(=O)C(Cc1cscn1)NC(=O)[C@H](Cc1cccc2ccccc12)NC(=O)c1cccnc1)[C@@H](O)CC(=O)N[C@H](CO)CCCCN.Cl.Cl.Cl.O.O.O. The molecule has 2 aromatic heterocycles. The number of pyridine rings is 1. The smallest absolute Gasteiger partial charge is 0.253 e. The molecule has 0 saturated carbocycles. The minimum Gasteiger partial charge on any atom is -0.412 e. The molecule has 0 aliphatic heterocycles. The summed E-state index contributed by atoms with van der Waals surface area (Å²) in [5, 5.41) is 36.0. The first-order chi connectivity index (χ1) is 25.6. The molecular weight excluding hydrogens is 849 g/mol. The van der Waals surface area contributed by atoms with E-state index in [4.69, 9.17) is 5.73 Å². The molecule has 20 heteroatoms. The van der Waals surface area contributed by atoms with Crippen LogP contribution in [0.5, 0.6) is 0 Å². The molecule has 2 aromatic carbocycles. The predicted molar refractivity (Wildman–Crippen MR) is 237 cm³/mol. The lowest BCUT2D eigenvalue weighted by atomic mass is 9.96. The molecular formula is C39H60Cl3N7O9S. The van der Waals surface area contributed by atoms with Gasteiger partial charge in [0.1, 0.15) is 12.1 Å². The highest BCUT2D eigenvalue weighted by Crippen LogP contribution is 2.21. The topological polar surface area (TPSA) is 303 Å². The largest absolute Gasteiger partial charge is 0.412 e. The van der Waals surface area contributed by atoms with E-state index in [0.29, 0.717) is 25.1 Å². The number of nitrogens with zero attached hydrogens (tertiary/aromatic N) is 2. The number of hydrogen-bond donors (Lipinski definition) is 7. The van der Waals surface area contributed by atoms with E-state index in [1.54, 1.807) is 29.2 Å². The van der Waals surface area contributed by atoms with E-state index in [1.165, 1.54) is 17.5 Å². The van der Waals surface area contributed by atoms with Gasteiger partial charge in [-0.1, -0.05) is 62.7 Å². The van der Waals surface area contributed by atoms with Gasteiger partial charge in [-0.25, -0.2) is 4.98 Å². The van der Waals surface area contributed by atoms with E-state index in [-0.39, 0.29) is 91.0 Å². The Morgan fingerprint density at radius 2 is 1.51 bits per heavy atom. The normalized spacial score (nSPS) is 12.7. The minimum absolute atomic E-state index is 0. The Bertz CT molecular complexity index is 1780. The molecule has 2 heterocycles. The standard InChI is InChI=1S/C39H51N7O6S.3ClH.3H2O/c1-25(2)17-32(35(48)20-36(49)43-29(22-47)13-5-6-15-40)44-39(52)34(19-30-23-53-24-42-30)46-38(51)33(45-37(50)28-12-8-16-41-21-28)18-27-11-7-10-26-9-3-4-14-31(26)27;;;;;;/h3-4,7-12,14,16,21,23-25,29,32-35,47-48H,5-6,13,15,17-20,22,40H2,1-2H3,(H,43,49)(H,44,52)(H,45,50)(H,46,51);3*1H;3*1H2/t29-,32-,33-,34?,35-;;;;;;/m0....../s1. The molecule has 0 bridgehead atoms. The molecule has 332 valence electrons. The molecule has 0 aliphatic carbocycles. The zero-order chi connectivity index (χ0) is 38.2. The van der Waals surface area contributed by atoms with Crippen LogP contribution in [0.25, 0.3) is 10.8 Å². The van der Waals surface area contributed by atoms with Crippen LogP contribution < -0.4 is 27.0 Å². The van der Waals surface area contributed by atoms with Gasteiger partial charge in [0.05, 0.1) is 48.0 Å². The third-order valence-electron chi connectivity index (χ3n) is 8.88. The number of halogens is 3. The van der Waals surface area contributed by atoms with Gasteiger partial charge < -0.3 is 53.6 Å². The highest BCUT2D eigenvalue weighted by molar-refractivity contribution is 7.07. The van der Waals surface area contributed by atoms with Gasteiger partial charge in [0, 0.05) is 30.6 Å². The van der Waals surface area contributed by atoms with Gasteiger partial charge in [-0.15, -0.1) is 48.6 Å². The van der Waals surface area contributed by atoms with Crippen molar-refractivity contribution >= 4 is 83.0 Å². The molecule has 16 nitrogen and oxygen atoms in total. The molecule has 0 fully saturated rings. The fourth-order valence-corrected chi connectivity index (χ4v) is 6.71. The number of aliphatic hydroxyl groups excluding tert-OH is 2. The fraction of sp³-hybridized carbons (Fsp3) is 0.436. The van der Waals surface area contributed by atoms with Crippen molar-refractivity contribution in [3.8, 4) is 0 Å². The number of carbonyl (C=O) groups excluding carboxylic acids is 4. The summed E-state index contributed by atoms with van der Waals surface area (Å²) in [5.74, 6) is -2.08. The molecule has 59 heavy (non-hydrogen) atoms. The van der Waals surface area contributed by atoms with Crippen molar-refractivity contribution in [3.63, 3.8) is 0 Å². The first kappa shape index (κ1) is 59.3. The third-order valence-corrected chi connectivity index (χ3v) is 9.52. The van der Waals surface area contributed by atoms with E-state index < -0.39 is 53.9 Å². The summed E-state index contributed by atoms with van der Waals surface area (Å²) in [6, 6.07) is 13.2. The number of benzene rings is 2. The van der Waals surface area contributed by atoms with E-state index >= 15 is 0 Å². The van der Waals surface area contributed by atoms with Gasteiger partial charge in [-0.2, -0.15) is 0 Å². The number of carbonyl (C=O) groups is 4. The monoisotopic (exact) mass is 907 g/mol. The zero-order valence-electron chi connectivity index (χ0n) is 33.0. The number of hydrogen-bond acceptors (Lipinski definition) is 10. The van der Waals surface area contributed by atoms with Crippen molar-refractivity contribution in [2.75, 3.05) is 13.2 Å². The lowest BCUT2D eigenvalue weighted by molar-refractivity contribution is -0.131. The number of unbranched alkanes of at least 4 members (excludes halogenated alkanes) is 1.